The van der Waals surface area contributed by atoms with Crippen molar-refractivity contribution in [2.45, 2.75) is 89.7 Å². The highest BCUT2D eigenvalue weighted by Gasteiger charge is 2.43. The van der Waals surface area contributed by atoms with Gasteiger partial charge >= 0.3 is 12.2 Å². The van der Waals surface area contributed by atoms with Gasteiger partial charge in [-0.15, -0.1) is 0 Å². The fraction of sp³-hybridized carbons (Fsp3) is 0.679. The van der Waals surface area contributed by atoms with Crippen LogP contribution in [0.15, 0.2) is 12.1 Å². The molecule has 3 amide bonds. The minimum Gasteiger partial charge on any atom is -0.481 e. The molecule has 3 rings (SSSR count). The van der Waals surface area contributed by atoms with Crippen molar-refractivity contribution in [2.75, 3.05) is 33.9 Å². The van der Waals surface area contributed by atoms with Crippen molar-refractivity contribution in [3.8, 4) is 11.9 Å². The SMILES string of the molecule is COC(=O)NCCCc1cc([C@@H](C)N(C(=O)[C@H]2CN(C(=O)OC(C)(C)C)C[C@@H](CC#N)O2)C2CC2)cc(OC)n1. The molecule has 1 aliphatic heterocycles. The molecule has 0 bridgehead atoms. The van der Waals surface area contributed by atoms with Crippen LogP contribution < -0.4 is 10.1 Å². The second-order valence-electron chi connectivity index (χ2n) is 11.1. The average molecular weight is 560 g/mol. The smallest absolute Gasteiger partial charge is 0.410 e. The van der Waals surface area contributed by atoms with Crippen molar-refractivity contribution in [3.05, 3.63) is 23.4 Å². The van der Waals surface area contributed by atoms with Crippen molar-refractivity contribution in [3.63, 3.8) is 0 Å². The number of aryl methyl sites for hydroxylation is 1. The number of hydrogen-bond donors (Lipinski definition) is 1. The molecule has 1 aromatic rings. The Morgan fingerprint density at radius 2 is 1.98 bits per heavy atom. The fourth-order valence-electron chi connectivity index (χ4n) is 4.62. The van der Waals surface area contributed by atoms with E-state index in [-0.39, 0.29) is 37.5 Å². The average Bonchev–Trinajstić information content (AvgIpc) is 3.75. The molecule has 2 fully saturated rings. The van der Waals surface area contributed by atoms with E-state index in [9.17, 15) is 19.6 Å². The van der Waals surface area contributed by atoms with E-state index in [1.54, 1.807) is 27.9 Å². The van der Waals surface area contributed by atoms with Gasteiger partial charge in [0.1, 0.15) is 5.60 Å². The van der Waals surface area contributed by atoms with Gasteiger partial charge in [-0.3, -0.25) is 4.79 Å². The van der Waals surface area contributed by atoms with Crippen LogP contribution in [0.1, 0.15) is 70.7 Å². The van der Waals surface area contributed by atoms with Crippen molar-refractivity contribution >= 4 is 18.1 Å². The lowest BCUT2D eigenvalue weighted by Crippen LogP contribution is -2.56. The van der Waals surface area contributed by atoms with Gasteiger partial charge in [-0.1, -0.05) is 0 Å². The summed E-state index contributed by atoms with van der Waals surface area (Å²) in [5.74, 6) is 0.202. The lowest BCUT2D eigenvalue weighted by Gasteiger charge is -2.40. The first-order valence-corrected chi connectivity index (χ1v) is 13.6. The van der Waals surface area contributed by atoms with Gasteiger partial charge in [0.05, 0.1) is 51.9 Å². The van der Waals surface area contributed by atoms with Gasteiger partial charge in [0.15, 0.2) is 6.10 Å². The Morgan fingerprint density at radius 1 is 1.25 bits per heavy atom. The van der Waals surface area contributed by atoms with Crippen LogP contribution >= 0.6 is 0 Å². The zero-order valence-electron chi connectivity index (χ0n) is 24.3. The quantitative estimate of drug-likeness (QED) is 0.427. The molecule has 1 saturated heterocycles. The topological polar surface area (TPSA) is 143 Å². The molecule has 1 aliphatic carbocycles. The number of aromatic nitrogens is 1. The predicted octanol–water partition coefficient (Wildman–Crippen LogP) is 3.35. The lowest BCUT2D eigenvalue weighted by molar-refractivity contribution is -0.159. The first-order valence-electron chi connectivity index (χ1n) is 13.6. The summed E-state index contributed by atoms with van der Waals surface area (Å²) in [6, 6.07) is 5.57. The van der Waals surface area contributed by atoms with Gasteiger partial charge in [0, 0.05) is 24.3 Å². The first kappa shape index (κ1) is 30.9. The van der Waals surface area contributed by atoms with E-state index in [1.165, 1.54) is 12.0 Å². The molecular weight excluding hydrogens is 518 g/mol. The van der Waals surface area contributed by atoms with Crippen molar-refractivity contribution in [2.24, 2.45) is 0 Å². The molecule has 1 aromatic heterocycles. The third-order valence-electron chi connectivity index (χ3n) is 6.66. The van der Waals surface area contributed by atoms with E-state index in [0.717, 1.165) is 24.1 Å². The number of nitrogens with one attached hydrogen (secondary N) is 1. The Morgan fingerprint density at radius 3 is 2.58 bits per heavy atom. The summed E-state index contributed by atoms with van der Waals surface area (Å²) in [6.45, 7) is 7.96. The number of alkyl carbamates (subject to hydrolysis) is 1. The number of rotatable bonds is 10. The Hall–Kier alpha value is -3.59. The summed E-state index contributed by atoms with van der Waals surface area (Å²) in [5.41, 5.74) is 0.938. The molecule has 40 heavy (non-hydrogen) atoms. The number of ether oxygens (including phenoxy) is 4. The van der Waals surface area contributed by atoms with Crippen molar-refractivity contribution in [1.29, 1.82) is 5.26 Å². The highest BCUT2D eigenvalue weighted by Crippen LogP contribution is 2.37. The van der Waals surface area contributed by atoms with Crippen molar-refractivity contribution < 1.29 is 33.3 Å². The minimum atomic E-state index is -0.921. The predicted molar refractivity (Wildman–Crippen MR) is 144 cm³/mol. The number of morpholine rings is 1. The molecule has 3 atom stereocenters. The van der Waals surface area contributed by atoms with Gasteiger partial charge in [-0.25, -0.2) is 14.6 Å². The van der Waals surface area contributed by atoms with Crippen LogP contribution in [0.2, 0.25) is 0 Å². The monoisotopic (exact) mass is 559 g/mol. The molecule has 12 heteroatoms. The summed E-state index contributed by atoms with van der Waals surface area (Å²) in [5, 5.41) is 11.9. The second kappa shape index (κ2) is 13.7. The largest absolute Gasteiger partial charge is 0.481 e. The fourth-order valence-corrected chi connectivity index (χ4v) is 4.62. The maximum absolute atomic E-state index is 14.0. The van der Waals surface area contributed by atoms with E-state index in [2.05, 4.69) is 21.1 Å². The summed E-state index contributed by atoms with van der Waals surface area (Å²) in [6.07, 6.45) is 0.487. The number of hydrogen-bond acceptors (Lipinski definition) is 9. The Bertz CT molecular complexity index is 1100. The van der Waals surface area contributed by atoms with Crippen LogP contribution in [-0.2, 0) is 25.4 Å². The lowest BCUT2D eigenvalue weighted by atomic mass is 10.0. The molecule has 0 spiro atoms. The van der Waals surface area contributed by atoms with Gasteiger partial charge in [0.25, 0.3) is 5.91 Å². The van der Waals surface area contributed by atoms with Crippen LogP contribution in [0.5, 0.6) is 5.88 Å². The molecule has 0 aromatic carbocycles. The maximum Gasteiger partial charge on any atom is 0.410 e. The Kier molecular flexibility index (Phi) is 10.6. The molecular formula is C28H41N5O7. The number of methoxy groups -OCH3 is 2. The molecule has 12 nitrogen and oxygen atoms in total. The zero-order valence-corrected chi connectivity index (χ0v) is 24.3. The maximum atomic E-state index is 14.0. The molecule has 0 unspecified atom stereocenters. The molecule has 0 radical (unpaired) electrons. The van der Waals surface area contributed by atoms with Gasteiger partial charge in [-0.2, -0.15) is 5.26 Å². The van der Waals surface area contributed by atoms with E-state index >= 15 is 0 Å². The summed E-state index contributed by atoms with van der Waals surface area (Å²) < 4.78 is 21.6. The number of amides is 3. The minimum absolute atomic E-state index is 0.0454. The molecule has 1 N–H and O–H groups in total. The second-order valence-corrected chi connectivity index (χ2v) is 11.1. The number of nitrogens with zero attached hydrogens (tertiary/aromatic N) is 4. The highest BCUT2D eigenvalue weighted by atomic mass is 16.6. The molecule has 1 saturated carbocycles. The summed E-state index contributed by atoms with van der Waals surface area (Å²) in [4.78, 5) is 46.0. The van der Waals surface area contributed by atoms with Crippen LogP contribution in [0.4, 0.5) is 9.59 Å². The van der Waals surface area contributed by atoms with Gasteiger partial charge in [0.2, 0.25) is 5.88 Å². The summed E-state index contributed by atoms with van der Waals surface area (Å²) in [7, 11) is 2.86. The standard InChI is InChI=1S/C28H41N5O7/c1-18(19-14-20(31-24(15-19)37-5)8-7-13-30-26(35)38-6)33(21-9-10-21)25(34)23-17-32(16-22(39-23)11-12-29)27(36)40-28(2,3)4/h14-15,18,21-23H,7-11,13,16-17H2,1-6H3,(H,30,35)/t18-,22-,23-/m1/s1. The highest BCUT2D eigenvalue weighted by molar-refractivity contribution is 5.83. The number of carbonyl (C=O) groups is 3. The molecule has 220 valence electrons. The van der Waals surface area contributed by atoms with Crippen molar-refractivity contribution in [1.82, 2.24) is 20.1 Å². The number of pyridine rings is 1. The van der Waals surface area contributed by atoms with E-state index in [1.807, 2.05) is 24.0 Å². The van der Waals surface area contributed by atoms with Crippen LogP contribution in [0.25, 0.3) is 0 Å². The number of carbonyl (C=O) groups excluding carboxylic acids is 3. The molecule has 2 aliphatic rings. The zero-order chi connectivity index (χ0) is 29.4. The summed E-state index contributed by atoms with van der Waals surface area (Å²) >= 11 is 0. The molecule has 2 heterocycles. The van der Waals surface area contributed by atoms with Crippen LogP contribution in [0.3, 0.4) is 0 Å². The third-order valence-corrected chi connectivity index (χ3v) is 6.66. The third kappa shape index (κ3) is 8.71. The van der Waals surface area contributed by atoms with Gasteiger partial charge in [-0.05, 0) is 65.0 Å². The van der Waals surface area contributed by atoms with Crippen LogP contribution in [-0.4, -0.2) is 90.6 Å². The first-order chi connectivity index (χ1) is 18.9. The van der Waals surface area contributed by atoms with E-state index in [4.69, 9.17) is 14.2 Å². The van der Waals surface area contributed by atoms with Gasteiger partial charge < -0.3 is 34.1 Å². The van der Waals surface area contributed by atoms with E-state index in [0.29, 0.717) is 25.3 Å². The van der Waals surface area contributed by atoms with E-state index < -0.39 is 30.0 Å². The normalized spacial score (nSPS) is 19.7. The van der Waals surface area contributed by atoms with Crippen LogP contribution in [0, 0.1) is 11.3 Å². The Labute approximate surface area is 235 Å². The number of nitriles is 1. The Balaban J connectivity index is 1.79.